The number of amides is 1. The van der Waals surface area contributed by atoms with Gasteiger partial charge in [-0.2, -0.15) is 0 Å². The molecule has 2 aromatic carbocycles. The van der Waals surface area contributed by atoms with E-state index in [2.05, 4.69) is 10.3 Å². The summed E-state index contributed by atoms with van der Waals surface area (Å²) in [5, 5.41) is 15.0. The zero-order chi connectivity index (χ0) is 20.1. The van der Waals surface area contributed by atoms with Gasteiger partial charge >= 0.3 is 0 Å². The van der Waals surface area contributed by atoms with Crippen molar-refractivity contribution in [2.45, 2.75) is 12.8 Å². The Morgan fingerprint density at radius 1 is 1.21 bits per heavy atom. The summed E-state index contributed by atoms with van der Waals surface area (Å²) in [6.45, 7) is 0.375. The summed E-state index contributed by atoms with van der Waals surface area (Å²) in [5.74, 6) is -0.0775. The summed E-state index contributed by atoms with van der Waals surface area (Å²) in [4.78, 5) is 27.7. The SMILES string of the molecule is COc1cc(C(=O)NCCCc2nc3ccccc3s2)c([N+](=O)[O-])cc1OC. The molecule has 0 spiro atoms. The fourth-order valence-corrected chi connectivity index (χ4v) is 3.77. The van der Waals surface area contributed by atoms with Gasteiger partial charge in [-0.25, -0.2) is 4.98 Å². The van der Waals surface area contributed by atoms with Crippen molar-refractivity contribution >= 4 is 33.1 Å². The molecular weight excluding hydrogens is 382 g/mol. The molecule has 1 aromatic heterocycles. The molecule has 0 radical (unpaired) electrons. The van der Waals surface area contributed by atoms with Gasteiger partial charge in [0.2, 0.25) is 0 Å². The van der Waals surface area contributed by atoms with Crippen LogP contribution < -0.4 is 14.8 Å². The van der Waals surface area contributed by atoms with E-state index in [-0.39, 0.29) is 22.7 Å². The van der Waals surface area contributed by atoms with E-state index in [0.29, 0.717) is 19.4 Å². The number of fused-ring (bicyclic) bond motifs is 1. The van der Waals surface area contributed by atoms with E-state index in [1.165, 1.54) is 26.4 Å². The molecule has 3 aromatic rings. The number of aryl methyl sites for hydroxylation is 1. The van der Waals surface area contributed by atoms with Crippen LogP contribution >= 0.6 is 11.3 Å². The summed E-state index contributed by atoms with van der Waals surface area (Å²) in [7, 11) is 2.78. The number of nitrogens with zero attached hydrogens (tertiary/aromatic N) is 2. The smallest absolute Gasteiger partial charge is 0.286 e. The number of nitro benzene ring substituents is 1. The average Bonchev–Trinajstić information content (AvgIpc) is 3.12. The summed E-state index contributed by atoms with van der Waals surface area (Å²) in [5.41, 5.74) is 0.566. The average molecular weight is 401 g/mol. The van der Waals surface area contributed by atoms with Crippen LogP contribution in [0.1, 0.15) is 21.8 Å². The lowest BCUT2D eigenvalue weighted by Crippen LogP contribution is -2.25. The van der Waals surface area contributed by atoms with Crippen LogP contribution in [0.3, 0.4) is 0 Å². The third-order valence-electron chi connectivity index (χ3n) is 4.13. The molecule has 28 heavy (non-hydrogen) atoms. The maximum Gasteiger partial charge on any atom is 0.286 e. The topological polar surface area (TPSA) is 104 Å². The van der Waals surface area contributed by atoms with Crippen LogP contribution in [0.25, 0.3) is 10.2 Å². The fourth-order valence-electron chi connectivity index (χ4n) is 2.76. The van der Waals surface area contributed by atoms with Crippen LogP contribution in [0.2, 0.25) is 0 Å². The van der Waals surface area contributed by atoms with Crippen molar-refractivity contribution in [3.8, 4) is 11.5 Å². The minimum atomic E-state index is -0.613. The molecule has 1 heterocycles. The van der Waals surface area contributed by atoms with Gasteiger partial charge in [0, 0.05) is 19.0 Å². The predicted octanol–water partition coefficient (Wildman–Crippen LogP) is 3.58. The lowest BCUT2D eigenvalue weighted by atomic mass is 10.1. The van der Waals surface area contributed by atoms with Crippen molar-refractivity contribution in [2.24, 2.45) is 0 Å². The Balaban J connectivity index is 1.64. The van der Waals surface area contributed by atoms with Gasteiger partial charge in [0.25, 0.3) is 11.6 Å². The van der Waals surface area contributed by atoms with Gasteiger partial charge in [-0.1, -0.05) is 12.1 Å². The van der Waals surface area contributed by atoms with E-state index in [1.807, 2.05) is 24.3 Å². The van der Waals surface area contributed by atoms with E-state index in [4.69, 9.17) is 9.47 Å². The number of aromatic nitrogens is 1. The summed E-state index contributed by atoms with van der Waals surface area (Å²) in [6.07, 6.45) is 1.39. The number of thiazole rings is 1. The highest BCUT2D eigenvalue weighted by Crippen LogP contribution is 2.34. The Bertz CT molecular complexity index is 985. The maximum absolute atomic E-state index is 12.5. The van der Waals surface area contributed by atoms with Crippen LogP contribution in [0.4, 0.5) is 5.69 Å². The summed E-state index contributed by atoms with van der Waals surface area (Å²) in [6, 6.07) is 10.4. The lowest BCUT2D eigenvalue weighted by molar-refractivity contribution is -0.385. The largest absolute Gasteiger partial charge is 0.493 e. The molecule has 9 heteroatoms. The maximum atomic E-state index is 12.5. The van der Waals surface area contributed by atoms with Crippen molar-refractivity contribution in [3.63, 3.8) is 0 Å². The number of methoxy groups -OCH3 is 2. The number of ether oxygens (including phenoxy) is 2. The number of para-hydroxylation sites is 1. The first-order chi connectivity index (χ1) is 13.5. The van der Waals surface area contributed by atoms with Gasteiger partial charge < -0.3 is 14.8 Å². The van der Waals surface area contributed by atoms with Crippen molar-refractivity contribution in [1.82, 2.24) is 10.3 Å². The Hall–Kier alpha value is -3.20. The molecule has 146 valence electrons. The molecule has 0 bridgehead atoms. The molecule has 0 saturated carbocycles. The number of carbonyl (C=O) groups is 1. The number of benzene rings is 2. The molecular formula is C19H19N3O5S. The summed E-state index contributed by atoms with van der Waals surface area (Å²) < 4.78 is 11.3. The minimum Gasteiger partial charge on any atom is -0.493 e. The van der Waals surface area contributed by atoms with Gasteiger partial charge in [-0.05, 0) is 18.6 Å². The second kappa shape index (κ2) is 8.66. The Morgan fingerprint density at radius 2 is 1.93 bits per heavy atom. The third kappa shape index (κ3) is 4.20. The van der Waals surface area contributed by atoms with Crippen molar-refractivity contribution in [1.29, 1.82) is 0 Å². The predicted molar refractivity (Wildman–Crippen MR) is 106 cm³/mol. The Labute approximate surface area is 165 Å². The Morgan fingerprint density at radius 3 is 2.61 bits per heavy atom. The van der Waals surface area contributed by atoms with E-state index >= 15 is 0 Å². The Kier molecular flexibility index (Phi) is 6.05. The second-order valence-corrected chi connectivity index (χ2v) is 7.03. The highest BCUT2D eigenvalue weighted by atomic mass is 32.1. The number of nitrogens with one attached hydrogen (secondary N) is 1. The van der Waals surface area contributed by atoms with Crippen LogP contribution in [0, 0.1) is 10.1 Å². The monoisotopic (exact) mass is 401 g/mol. The normalized spacial score (nSPS) is 10.6. The molecule has 8 nitrogen and oxygen atoms in total. The molecule has 1 N–H and O–H groups in total. The van der Waals surface area contributed by atoms with E-state index in [1.54, 1.807) is 11.3 Å². The van der Waals surface area contributed by atoms with Gasteiger partial charge in [-0.3, -0.25) is 14.9 Å². The minimum absolute atomic E-state index is 0.0670. The highest BCUT2D eigenvalue weighted by Gasteiger charge is 2.24. The zero-order valence-corrected chi connectivity index (χ0v) is 16.2. The van der Waals surface area contributed by atoms with E-state index in [9.17, 15) is 14.9 Å². The molecule has 0 atom stereocenters. The first-order valence-corrected chi connectivity index (χ1v) is 9.38. The number of hydrogen-bond acceptors (Lipinski definition) is 7. The molecule has 0 fully saturated rings. The van der Waals surface area contributed by atoms with Crippen LogP contribution in [-0.2, 0) is 6.42 Å². The highest BCUT2D eigenvalue weighted by molar-refractivity contribution is 7.18. The molecule has 3 rings (SSSR count). The first-order valence-electron chi connectivity index (χ1n) is 8.56. The number of hydrogen-bond donors (Lipinski definition) is 1. The quantitative estimate of drug-likeness (QED) is 0.351. The van der Waals surface area contributed by atoms with Crippen LogP contribution in [0.15, 0.2) is 36.4 Å². The molecule has 0 saturated heterocycles. The second-order valence-electron chi connectivity index (χ2n) is 5.92. The van der Waals surface area contributed by atoms with Crippen molar-refractivity contribution in [3.05, 3.63) is 57.1 Å². The molecule has 0 aliphatic heterocycles. The third-order valence-corrected chi connectivity index (χ3v) is 5.23. The van der Waals surface area contributed by atoms with Gasteiger partial charge in [0.1, 0.15) is 5.56 Å². The van der Waals surface area contributed by atoms with E-state index < -0.39 is 10.8 Å². The van der Waals surface area contributed by atoms with Gasteiger partial charge in [-0.15, -0.1) is 11.3 Å². The van der Waals surface area contributed by atoms with Gasteiger partial charge in [0.05, 0.1) is 40.4 Å². The van der Waals surface area contributed by atoms with Gasteiger partial charge in [0.15, 0.2) is 11.5 Å². The lowest BCUT2D eigenvalue weighted by Gasteiger charge is -2.10. The first kappa shape index (κ1) is 19.6. The van der Waals surface area contributed by atoms with E-state index in [0.717, 1.165) is 15.2 Å². The number of nitro groups is 1. The van der Waals surface area contributed by atoms with Crippen LogP contribution in [0.5, 0.6) is 11.5 Å². The molecule has 0 aliphatic rings. The number of rotatable bonds is 8. The standard InChI is InChI=1S/C19H19N3O5S/c1-26-15-10-12(14(22(24)25)11-16(15)27-2)19(23)20-9-5-8-18-21-13-6-3-4-7-17(13)28-18/h3-4,6-7,10-11H,5,8-9H2,1-2H3,(H,20,23). The number of carbonyl (C=O) groups excluding carboxylic acids is 1. The zero-order valence-electron chi connectivity index (χ0n) is 15.4. The fraction of sp³-hybridized carbons (Fsp3) is 0.263. The molecule has 1 amide bonds. The molecule has 0 unspecified atom stereocenters. The summed E-state index contributed by atoms with van der Waals surface area (Å²) >= 11 is 1.62. The van der Waals surface area contributed by atoms with Crippen molar-refractivity contribution in [2.75, 3.05) is 20.8 Å². The van der Waals surface area contributed by atoms with Crippen LogP contribution in [-0.4, -0.2) is 36.6 Å². The molecule has 0 aliphatic carbocycles. The van der Waals surface area contributed by atoms with Crippen molar-refractivity contribution < 1.29 is 19.2 Å².